The Bertz CT molecular complexity index is 1330. The Kier molecular flexibility index (Phi) is 5.48. The lowest BCUT2D eigenvalue weighted by Gasteiger charge is -2.18. The van der Waals surface area contributed by atoms with Crippen LogP contribution in [0.25, 0.3) is 21.9 Å². The Morgan fingerprint density at radius 2 is 2.25 bits per heavy atom. The molecule has 0 unspecified atom stereocenters. The van der Waals surface area contributed by atoms with Crippen molar-refractivity contribution in [2.45, 2.75) is 35.9 Å². The fourth-order valence-corrected chi connectivity index (χ4v) is 5.26. The average molecular weight is 471 g/mol. The van der Waals surface area contributed by atoms with E-state index >= 15 is 0 Å². The number of esters is 1. The van der Waals surface area contributed by atoms with Crippen molar-refractivity contribution in [2.24, 2.45) is 5.73 Å². The minimum absolute atomic E-state index is 0.118. The van der Waals surface area contributed by atoms with Crippen LogP contribution in [-0.4, -0.2) is 52.1 Å². The van der Waals surface area contributed by atoms with E-state index in [2.05, 4.69) is 21.8 Å². The molecule has 0 amide bonds. The van der Waals surface area contributed by atoms with E-state index < -0.39 is 0 Å². The number of carbonyl (C=O) groups excluding carboxylic acids is 1. The second kappa shape index (κ2) is 8.31. The van der Waals surface area contributed by atoms with E-state index in [0.717, 1.165) is 64.3 Å². The van der Waals surface area contributed by atoms with Gasteiger partial charge in [0, 0.05) is 46.8 Å². The molecule has 4 N–H and O–H groups in total. The van der Waals surface area contributed by atoms with Crippen LogP contribution >= 0.6 is 23.4 Å². The molecule has 4 aromatic rings. The number of nitrogens with one attached hydrogen (secondary N) is 2. The maximum absolute atomic E-state index is 12.1. The molecule has 1 aliphatic heterocycles. The summed E-state index contributed by atoms with van der Waals surface area (Å²) in [6, 6.07) is 5.97. The Hall–Kier alpha value is -2.75. The highest BCUT2D eigenvalue weighted by molar-refractivity contribution is 7.99. The number of fused-ring (bicyclic) bond motifs is 2. The van der Waals surface area contributed by atoms with Crippen LogP contribution in [0.15, 0.2) is 34.4 Å². The predicted molar refractivity (Wildman–Crippen MR) is 127 cm³/mol. The van der Waals surface area contributed by atoms with E-state index in [-0.39, 0.29) is 12.0 Å². The Morgan fingerprint density at radius 1 is 1.41 bits per heavy atom. The van der Waals surface area contributed by atoms with Crippen molar-refractivity contribution in [3.63, 3.8) is 0 Å². The Morgan fingerprint density at radius 3 is 2.97 bits per heavy atom. The average Bonchev–Trinajstić information content (AvgIpc) is 3.49. The van der Waals surface area contributed by atoms with Gasteiger partial charge in [-0.2, -0.15) is 0 Å². The molecule has 0 aliphatic carbocycles. The lowest BCUT2D eigenvalue weighted by atomic mass is 10.2. The molecule has 1 saturated heterocycles. The number of aromatic nitrogens is 4. The van der Waals surface area contributed by atoms with Gasteiger partial charge in [0.15, 0.2) is 5.16 Å². The Labute approximate surface area is 193 Å². The van der Waals surface area contributed by atoms with E-state index in [1.807, 2.05) is 18.2 Å². The zero-order valence-corrected chi connectivity index (χ0v) is 19.3. The second-order valence-corrected chi connectivity index (χ2v) is 9.24. The summed E-state index contributed by atoms with van der Waals surface area (Å²) in [7, 11) is 1.38. The summed E-state index contributed by atoms with van der Waals surface area (Å²) in [6.07, 6.45) is 3.35. The van der Waals surface area contributed by atoms with E-state index in [1.54, 1.807) is 6.20 Å². The third kappa shape index (κ3) is 3.60. The lowest BCUT2D eigenvalue weighted by Crippen LogP contribution is -2.27. The number of aromatic amines is 2. The van der Waals surface area contributed by atoms with Gasteiger partial charge in [-0.25, -0.2) is 14.8 Å². The molecule has 10 heteroatoms. The van der Waals surface area contributed by atoms with Crippen LogP contribution in [-0.2, 0) is 11.2 Å². The molecule has 5 rings (SSSR count). The first-order valence-corrected chi connectivity index (χ1v) is 11.6. The zero-order chi connectivity index (χ0) is 22.4. The molecule has 1 fully saturated rings. The molecule has 0 spiro atoms. The highest BCUT2D eigenvalue weighted by Crippen LogP contribution is 2.38. The van der Waals surface area contributed by atoms with Crippen LogP contribution in [0.3, 0.4) is 0 Å². The maximum Gasteiger partial charge on any atom is 0.340 e. The number of H-pyrrole nitrogens is 2. The van der Waals surface area contributed by atoms with Crippen LogP contribution in [0.1, 0.15) is 29.4 Å². The van der Waals surface area contributed by atoms with Gasteiger partial charge in [0.25, 0.3) is 0 Å². The molecule has 0 bridgehead atoms. The fraction of sp³-hybridized carbons (Fsp3) is 0.318. The number of methoxy groups -OCH3 is 1. The first-order chi connectivity index (χ1) is 15.5. The largest absolute Gasteiger partial charge is 0.465 e. The third-order valence-electron chi connectivity index (χ3n) is 5.77. The van der Waals surface area contributed by atoms with Crippen molar-refractivity contribution in [3.05, 3.63) is 40.7 Å². The third-order valence-corrected chi connectivity index (χ3v) is 7.04. The molecule has 166 valence electrons. The van der Waals surface area contributed by atoms with Crippen LogP contribution in [0.4, 0.5) is 5.82 Å². The van der Waals surface area contributed by atoms with Gasteiger partial charge < -0.3 is 25.3 Å². The molecule has 1 aromatic carbocycles. The first kappa shape index (κ1) is 21.1. The van der Waals surface area contributed by atoms with Gasteiger partial charge in [0.1, 0.15) is 11.5 Å². The predicted octanol–water partition coefficient (Wildman–Crippen LogP) is 4.13. The SMILES string of the molecule is CCc1[nH]c2nc(Sc3ccc4[nH]cc(C(=O)OC)c4c3)nc(N3CC[C@H](N)C3)c2c1Cl. The zero-order valence-electron chi connectivity index (χ0n) is 17.7. The molecule has 1 aliphatic rings. The van der Waals surface area contributed by atoms with E-state index in [4.69, 9.17) is 32.0 Å². The van der Waals surface area contributed by atoms with Crippen molar-refractivity contribution in [1.29, 1.82) is 0 Å². The number of nitrogens with two attached hydrogens (primary N) is 1. The molecular formula is C22H23ClN6O2S. The van der Waals surface area contributed by atoms with Gasteiger partial charge in [-0.05, 0) is 42.8 Å². The molecule has 32 heavy (non-hydrogen) atoms. The van der Waals surface area contributed by atoms with E-state index in [1.165, 1.54) is 18.9 Å². The number of rotatable bonds is 5. The van der Waals surface area contributed by atoms with Crippen molar-refractivity contribution in [2.75, 3.05) is 25.1 Å². The van der Waals surface area contributed by atoms with Crippen molar-refractivity contribution >= 4 is 57.1 Å². The van der Waals surface area contributed by atoms with Gasteiger partial charge in [-0.15, -0.1) is 0 Å². The van der Waals surface area contributed by atoms with Gasteiger partial charge >= 0.3 is 5.97 Å². The monoisotopic (exact) mass is 470 g/mol. The van der Waals surface area contributed by atoms with Crippen LogP contribution in [0, 0.1) is 0 Å². The molecule has 8 nitrogen and oxygen atoms in total. The summed E-state index contributed by atoms with van der Waals surface area (Å²) in [5.41, 5.74) is 9.18. The summed E-state index contributed by atoms with van der Waals surface area (Å²) in [4.78, 5) is 31.3. The van der Waals surface area contributed by atoms with Crippen LogP contribution in [0.5, 0.6) is 0 Å². The molecule has 1 atom stereocenters. The molecular weight excluding hydrogens is 448 g/mol. The summed E-state index contributed by atoms with van der Waals surface area (Å²) < 4.78 is 4.89. The number of aryl methyl sites for hydroxylation is 1. The molecule has 4 heterocycles. The van der Waals surface area contributed by atoms with Crippen LogP contribution < -0.4 is 10.6 Å². The minimum atomic E-state index is -0.378. The highest BCUT2D eigenvalue weighted by atomic mass is 35.5. The van der Waals surface area contributed by atoms with Crippen molar-refractivity contribution in [3.8, 4) is 0 Å². The molecule has 0 radical (unpaired) electrons. The van der Waals surface area contributed by atoms with Crippen molar-refractivity contribution < 1.29 is 9.53 Å². The summed E-state index contributed by atoms with van der Waals surface area (Å²) in [5.74, 6) is 0.432. The highest BCUT2D eigenvalue weighted by Gasteiger charge is 2.26. The standard InChI is InChI=1S/C22H23ClN6O2S/c1-3-15-18(23)17-19(26-15)27-22(28-20(17)29-7-6-11(24)10-29)32-12-4-5-16-13(8-12)14(9-25-16)21(30)31-2/h4-5,8-9,11,25H,3,6-7,10,24H2,1-2H3,(H,26,27,28)/t11-/m0/s1. The minimum Gasteiger partial charge on any atom is -0.465 e. The number of ether oxygens (including phenoxy) is 1. The Balaban J connectivity index is 1.58. The number of anilines is 1. The van der Waals surface area contributed by atoms with Gasteiger partial charge in [-0.1, -0.05) is 18.5 Å². The summed E-state index contributed by atoms with van der Waals surface area (Å²) in [5, 5.41) is 2.91. The first-order valence-electron chi connectivity index (χ1n) is 10.4. The number of benzene rings is 1. The van der Waals surface area contributed by atoms with Crippen molar-refractivity contribution in [1.82, 2.24) is 19.9 Å². The van der Waals surface area contributed by atoms with E-state index in [0.29, 0.717) is 15.7 Å². The maximum atomic E-state index is 12.1. The quantitative estimate of drug-likeness (QED) is 0.297. The molecule has 0 saturated carbocycles. The van der Waals surface area contributed by atoms with Gasteiger partial charge in [0.05, 0.1) is 23.1 Å². The van der Waals surface area contributed by atoms with Crippen LogP contribution in [0.2, 0.25) is 5.02 Å². The topological polar surface area (TPSA) is 113 Å². The van der Waals surface area contributed by atoms with Gasteiger partial charge in [0.2, 0.25) is 0 Å². The summed E-state index contributed by atoms with van der Waals surface area (Å²) >= 11 is 8.12. The number of carbonyl (C=O) groups is 1. The number of halogens is 1. The van der Waals surface area contributed by atoms with E-state index in [9.17, 15) is 4.79 Å². The lowest BCUT2D eigenvalue weighted by molar-refractivity contribution is 0.0603. The van der Waals surface area contributed by atoms with Gasteiger partial charge in [-0.3, -0.25) is 0 Å². The normalized spacial score (nSPS) is 16.4. The smallest absolute Gasteiger partial charge is 0.340 e. The molecule has 3 aromatic heterocycles. The summed E-state index contributed by atoms with van der Waals surface area (Å²) in [6.45, 7) is 3.62. The fourth-order valence-electron chi connectivity index (χ4n) is 4.12. The number of hydrogen-bond donors (Lipinski definition) is 3. The number of hydrogen-bond acceptors (Lipinski definition) is 7. The number of nitrogens with zero attached hydrogens (tertiary/aromatic N) is 3. The second-order valence-electron chi connectivity index (χ2n) is 7.82.